The fourth-order valence-electron chi connectivity index (χ4n) is 3.52. The van der Waals surface area contributed by atoms with Crippen molar-refractivity contribution in [2.45, 2.75) is 16.6 Å². The number of aliphatic hydroxyl groups is 2. The summed E-state index contributed by atoms with van der Waals surface area (Å²) in [6.45, 7) is 1.11. The molecule has 0 aliphatic carbocycles. The number of hydrogen-bond acceptors (Lipinski definition) is 7. The molecule has 0 spiro atoms. The Morgan fingerprint density at radius 3 is 2.19 bits per heavy atom. The Morgan fingerprint density at radius 1 is 1.04 bits per heavy atom. The molecular formula is C16H25N3O6S2. The van der Waals surface area contributed by atoms with Gasteiger partial charge < -0.3 is 10.2 Å². The second kappa shape index (κ2) is 7.39. The first kappa shape index (κ1) is 20.6. The van der Waals surface area contributed by atoms with Crippen molar-refractivity contribution >= 4 is 20.0 Å². The van der Waals surface area contributed by atoms with Crippen LogP contribution in [0.25, 0.3) is 0 Å². The van der Waals surface area contributed by atoms with Gasteiger partial charge in [0.2, 0.25) is 20.0 Å². The normalized spacial score (nSPS) is 29.2. The fraction of sp³-hybridized carbons (Fsp3) is 0.625. The van der Waals surface area contributed by atoms with E-state index in [1.165, 1.54) is 16.4 Å². The average molecular weight is 420 g/mol. The van der Waals surface area contributed by atoms with E-state index in [0.717, 1.165) is 10.6 Å². The molecule has 0 saturated carbocycles. The Hall–Kier alpha value is -1.08. The standard InChI is InChI=1S/C16H25N3O6S2/c1-26(22,23)18-9-7-17(8-10-18)12-16(21)13-19(11-15(16)20)27(24,25)14-5-3-2-4-6-14/h2-6,15,20-21H,7-13H2,1H3/t15-,16+/m1/s1. The Balaban J connectivity index is 1.67. The van der Waals surface area contributed by atoms with Crippen molar-refractivity contribution in [2.24, 2.45) is 0 Å². The van der Waals surface area contributed by atoms with E-state index in [1.54, 1.807) is 18.2 Å². The molecule has 2 fully saturated rings. The van der Waals surface area contributed by atoms with Crippen molar-refractivity contribution in [3.63, 3.8) is 0 Å². The zero-order valence-corrected chi connectivity index (χ0v) is 16.7. The average Bonchev–Trinajstić information content (AvgIpc) is 2.91. The highest BCUT2D eigenvalue weighted by atomic mass is 32.2. The maximum Gasteiger partial charge on any atom is 0.243 e. The van der Waals surface area contributed by atoms with Gasteiger partial charge in [-0.2, -0.15) is 8.61 Å². The number of β-amino-alcohol motifs (C(OH)–C–C–N with tert-alkyl or cyclic N) is 2. The van der Waals surface area contributed by atoms with Crippen LogP contribution in [0.1, 0.15) is 0 Å². The number of aliphatic hydroxyl groups excluding tert-OH is 1. The van der Waals surface area contributed by atoms with Gasteiger partial charge in [0.05, 0.1) is 17.3 Å². The van der Waals surface area contributed by atoms with Crippen LogP contribution in [-0.2, 0) is 20.0 Å². The van der Waals surface area contributed by atoms with Gasteiger partial charge in [0.25, 0.3) is 0 Å². The highest BCUT2D eigenvalue weighted by molar-refractivity contribution is 7.89. The van der Waals surface area contributed by atoms with Crippen molar-refractivity contribution in [3.05, 3.63) is 30.3 Å². The summed E-state index contributed by atoms with van der Waals surface area (Å²) < 4.78 is 51.1. The minimum atomic E-state index is -3.80. The first-order chi connectivity index (χ1) is 12.5. The molecule has 27 heavy (non-hydrogen) atoms. The van der Waals surface area contributed by atoms with Gasteiger partial charge >= 0.3 is 0 Å². The molecule has 11 heteroatoms. The summed E-state index contributed by atoms with van der Waals surface area (Å²) in [5.74, 6) is 0. The lowest BCUT2D eigenvalue weighted by Gasteiger charge is -2.38. The summed E-state index contributed by atoms with van der Waals surface area (Å²) in [5.41, 5.74) is -1.60. The summed E-state index contributed by atoms with van der Waals surface area (Å²) in [6.07, 6.45) is -0.0626. The number of nitrogens with zero attached hydrogens (tertiary/aromatic N) is 3. The van der Waals surface area contributed by atoms with E-state index in [9.17, 15) is 27.0 Å². The SMILES string of the molecule is CS(=O)(=O)N1CCN(C[C@]2(O)CN(S(=O)(=O)c3ccccc3)C[C@H]2O)CC1. The van der Waals surface area contributed by atoms with E-state index in [-0.39, 0.29) is 24.5 Å². The molecule has 0 amide bonds. The van der Waals surface area contributed by atoms with Gasteiger partial charge in [0, 0.05) is 45.8 Å². The first-order valence-corrected chi connectivity index (χ1v) is 11.9. The molecule has 2 atom stereocenters. The largest absolute Gasteiger partial charge is 0.389 e. The van der Waals surface area contributed by atoms with Crippen LogP contribution in [0.3, 0.4) is 0 Å². The van der Waals surface area contributed by atoms with E-state index in [2.05, 4.69) is 0 Å². The van der Waals surface area contributed by atoms with Crippen LogP contribution in [0, 0.1) is 0 Å². The summed E-state index contributed by atoms with van der Waals surface area (Å²) >= 11 is 0. The number of sulfonamides is 2. The van der Waals surface area contributed by atoms with E-state index in [1.807, 2.05) is 4.90 Å². The Kier molecular flexibility index (Phi) is 5.65. The van der Waals surface area contributed by atoms with E-state index in [0.29, 0.717) is 26.2 Å². The second-order valence-corrected chi connectivity index (χ2v) is 11.1. The van der Waals surface area contributed by atoms with E-state index >= 15 is 0 Å². The third-order valence-electron chi connectivity index (χ3n) is 5.13. The number of hydrogen-bond donors (Lipinski definition) is 2. The van der Waals surface area contributed by atoms with Gasteiger partial charge in [0.15, 0.2) is 0 Å². The summed E-state index contributed by atoms with van der Waals surface area (Å²) in [4.78, 5) is 1.96. The molecule has 3 rings (SSSR count). The minimum Gasteiger partial charge on any atom is -0.389 e. The van der Waals surface area contributed by atoms with Crippen molar-refractivity contribution in [1.29, 1.82) is 0 Å². The van der Waals surface area contributed by atoms with Crippen LogP contribution in [0.4, 0.5) is 0 Å². The highest BCUT2D eigenvalue weighted by Gasteiger charge is 2.49. The molecule has 9 nitrogen and oxygen atoms in total. The van der Waals surface area contributed by atoms with Gasteiger partial charge in [-0.25, -0.2) is 16.8 Å². The molecule has 2 N–H and O–H groups in total. The van der Waals surface area contributed by atoms with Crippen LogP contribution in [0.5, 0.6) is 0 Å². The van der Waals surface area contributed by atoms with E-state index in [4.69, 9.17) is 0 Å². The van der Waals surface area contributed by atoms with Gasteiger partial charge in [-0.3, -0.25) is 4.90 Å². The van der Waals surface area contributed by atoms with Gasteiger partial charge in [0.1, 0.15) is 5.60 Å². The van der Waals surface area contributed by atoms with Crippen molar-refractivity contribution in [1.82, 2.24) is 13.5 Å². The predicted molar refractivity (Wildman–Crippen MR) is 99.0 cm³/mol. The van der Waals surface area contributed by atoms with E-state index < -0.39 is 31.8 Å². The van der Waals surface area contributed by atoms with Gasteiger partial charge in [-0.15, -0.1) is 0 Å². The van der Waals surface area contributed by atoms with Crippen molar-refractivity contribution in [3.8, 4) is 0 Å². The zero-order valence-electron chi connectivity index (χ0n) is 15.1. The molecule has 0 unspecified atom stereocenters. The van der Waals surface area contributed by atoms with Crippen LogP contribution in [0.15, 0.2) is 35.2 Å². The first-order valence-electron chi connectivity index (χ1n) is 8.65. The molecule has 2 aliphatic rings. The summed E-state index contributed by atoms with van der Waals surface area (Å²) in [5, 5.41) is 21.2. The molecule has 2 saturated heterocycles. The monoisotopic (exact) mass is 419 g/mol. The number of rotatable bonds is 5. The Labute approximate surface area is 159 Å². The lowest BCUT2D eigenvalue weighted by molar-refractivity contribution is -0.0643. The molecule has 0 aromatic heterocycles. The molecule has 152 valence electrons. The Bertz CT molecular complexity index is 869. The van der Waals surface area contributed by atoms with Crippen LogP contribution in [-0.4, -0.2) is 104 Å². The third-order valence-corrected chi connectivity index (χ3v) is 8.25. The van der Waals surface area contributed by atoms with Gasteiger partial charge in [-0.1, -0.05) is 18.2 Å². The topological polar surface area (TPSA) is 118 Å². The highest BCUT2D eigenvalue weighted by Crippen LogP contribution is 2.29. The molecule has 2 aliphatic heterocycles. The Morgan fingerprint density at radius 2 is 1.63 bits per heavy atom. The van der Waals surface area contributed by atoms with Crippen LogP contribution in [0.2, 0.25) is 0 Å². The fourth-order valence-corrected chi connectivity index (χ4v) is 5.88. The summed E-state index contributed by atoms with van der Waals surface area (Å²) in [6, 6.07) is 7.90. The maximum absolute atomic E-state index is 12.7. The minimum absolute atomic E-state index is 0.0760. The van der Waals surface area contributed by atoms with Gasteiger partial charge in [-0.05, 0) is 12.1 Å². The molecule has 2 heterocycles. The number of piperazine rings is 1. The molecule has 0 radical (unpaired) electrons. The lowest BCUT2D eigenvalue weighted by Crippen LogP contribution is -2.56. The summed E-state index contributed by atoms with van der Waals surface area (Å²) in [7, 11) is -7.06. The second-order valence-electron chi connectivity index (χ2n) is 7.17. The lowest BCUT2D eigenvalue weighted by atomic mass is 9.99. The zero-order chi connectivity index (χ0) is 19.9. The third kappa shape index (κ3) is 4.34. The number of benzene rings is 1. The molecule has 1 aromatic carbocycles. The van der Waals surface area contributed by atoms with Crippen LogP contribution < -0.4 is 0 Å². The quantitative estimate of drug-likeness (QED) is 0.588. The van der Waals surface area contributed by atoms with Crippen molar-refractivity contribution < 1.29 is 27.0 Å². The molecular weight excluding hydrogens is 394 g/mol. The smallest absolute Gasteiger partial charge is 0.243 e. The predicted octanol–water partition coefficient (Wildman–Crippen LogP) is -1.64. The molecule has 1 aromatic rings. The van der Waals surface area contributed by atoms with Crippen LogP contribution >= 0.6 is 0 Å². The maximum atomic E-state index is 12.7. The van der Waals surface area contributed by atoms with Crippen molar-refractivity contribution in [2.75, 3.05) is 52.1 Å². The molecule has 0 bridgehead atoms.